The Kier molecular flexibility index (Phi) is 3.25. The molecular weight excluding hydrogens is 222 g/mol. The van der Waals surface area contributed by atoms with Gasteiger partial charge >= 0.3 is 0 Å². The van der Waals surface area contributed by atoms with E-state index in [9.17, 15) is 0 Å². The van der Waals surface area contributed by atoms with E-state index in [1.165, 1.54) is 38.8 Å². The van der Waals surface area contributed by atoms with E-state index in [0.29, 0.717) is 0 Å². The largest absolute Gasteiger partial charge is 0.356 e. The SMILES string of the molecule is CC(N)c1ccc(N(CC2CC2)CC2CC2)nc1. The van der Waals surface area contributed by atoms with Crippen LogP contribution in [-0.2, 0) is 0 Å². The number of rotatable bonds is 6. The van der Waals surface area contributed by atoms with Crippen LogP contribution in [-0.4, -0.2) is 18.1 Å². The Balaban J connectivity index is 1.70. The summed E-state index contributed by atoms with van der Waals surface area (Å²) < 4.78 is 0. The van der Waals surface area contributed by atoms with Gasteiger partial charge in [0.1, 0.15) is 5.82 Å². The molecule has 0 saturated heterocycles. The van der Waals surface area contributed by atoms with Crippen molar-refractivity contribution in [1.82, 2.24) is 4.98 Å². The van der Waals surface area contributed by atoms with Crippen LogP contribution in [0, 0.1) is 11.8 Å². The first-order valence-corrected chi connectivity index (χ1v) is 7.19. The Morgan fingerprint density at radius 2 is 1.83 bits per heavy atom. The van der Waals surface area contributed by atoms with Gasteiger partial charge in [-0.3, -0.25) is 0 Å². The van der Waals surface area contributed by atoms with Crippen LogP contribution < -0.4 is 10.6 Å². The molecule has 1 aromatic heterocycles. The van der Waals surface area contributed by atoms with Crippen LogP contribution in [0.1, 0.15) is 44.2 Å². The van der Waals surface area contributed by atoms with Crippen molar-refractivity contribution >= 4 is 5.82 Å². The van der Waals surface area contributed by atoms with Crippen molar-refractivity contribution in [3.05, 3.63) is 23.9 Å². The first kappa shape index (κ1) is 12.0. The predicted molar refractivity (Wildman–Crippen MR) is 74.5 cm³/mol. The van der Waals surface area contributed by atoms with Crippen molar-refractivity contribution < 1.29 is 0 Å². The van der Waals surface area contributed by atoms with E-state index < -0.39 is 0 Å². The summed E-state index contributed by atoms with van der Waals surface area (Å²) in [6.45, 7) is 4.39. The highest BCUT2D eigenvalue weighted by molar-refractivity contribution is 5.40. The maximum atomic E-state index is 5.87. The van der Waals surface area contributed by atoms with E-state index in [1.807, 2.05) is 13.1 Å². The summed E-state index contributed by atoms with van der Waals surface area (Å²) in [7, 11) is 0. The predicted octanol–water partition coefficient (Wildman–Crippen LogP) is 2.73. The average Bonchev–Trinajstić information content (AvgIpc) is 3.23. The van der Waals surface area contributed by atoms with Gasteiger partial charge in [-0.05, 0) is 56.1 Å². The molecule has 3 nitrogen and oxygen atoms in total. The molecule has 2 saturated carbocycles. The van der Waals surface area contributed by atoms with Crippen LogP contribution in [0.25, 0.3) is 0 Å². The molecule has 1 heterocycles. The zero-order valence-electron chi connectivity index (χ0n) is 11.2. The third-order valence-electron chi connectivity index (χ3n) is 3.97. The molecule has 18 heavy (non-hydrogen) atoms. The van der Waals surface area contributed by atoms with Crippen LogP contribution in [0.3, 0.4) is 0 Å². The van der Waals surface area contributed by atoms with E-state index in [2.05, 4.69) is 22.0 Å². The molecule has 0 aromatic carbocycles. The standard InChI is InChI=1S/C15H23N3/c1-11(16)14-6-7-15(17-8-14)18(9-12-2-3-12)10-13-4-5-13/h6-8,11-13H,2-5,9-10,16H2,1H3. The van der Waals surface area contributed by atoms with E-state index in [1.54, 1.807) is 0 Å². The zero-order valence-corrected chi connectivity index (χ0v) is 11.2. The number of pyridine rings is 1. The quantitative estimate of drug-likeness (QED) is 0.838. The van der Waals surface area contributed by atoms with Gasteiger partial charge in [-0.15, -0.1) is 0 Å². The third-order valence-corrected chi connectivity index (χ3v) is 3.97. The minimum Gasteiger partial charge on any atom is -0.356 e. The molecule has 2 fully saturated rings. The fraction of sp³-hybridized carbons (Fsp3) is 0.667. The minimum absolute atomic E-state index is 0.0758. The van der Waals surface area contributed by atoms with Gasteiger partial charge in [-0.25, -0.2) is 4.98 Å². The Bertz CT molecular complexity index is 377. The molecule has 0 spiro atoms. The van der Waals surface area contributed by atoms with E-state index in [4.69, 9.17) is 5.73 Å². The van der Waals surface area contributed by atoms with Crippen LogP contribution in [0.5, 0.6) is 0 Å². The molecular formula is C15H23N3. The van der Waals surface area contributed by atoms with Crippen LogP contribution in [0.15, 0.2) is 18.3 Å². The van der Waals surface area contributed by atoms with Gasteiger partial charge in [0, 0.05) is 25.3 Å². The molecule has 2 N–H and O–H groups in total. The summed E-state index contributed by atoms with van der Waals surface area (Å²) in [6, 6.07) is 4.34. The Hall–Kier alpha value is -1.09. The number of hydrogen-bond acceptors (Lipinski definition) is 3. The molecule has 0 bridgehead atoms. The number of aromatic nitrogens is 1. The van der Waals surface area contributed by atoms with Crippen LogP contribution in [0.4, 0.5) is 5.82 Å². The molecule has 0 radical (unpaired) electrons. The fourth-order valence-electron chi connectivity index (χ4n) is 2.34. The summed E-state index contributed by atoms with van der Waals surface area (Å²) in [4.78, 5) is 7.09. The lowest BCUT2D eigenvalue weighted by Gasteiger charge is -2.24. The molecule has 1 unspecified atom stereocenters. The normalized spacial score (nSPS) is 20.8. The molecule has 3 rings (SSSR count). The lowest BCUT2D eigenvalue weighted by atomic mass is 10.1. The summed E-state index contributed by atoms with van der Waals surface area (Å²) in [6.07, 6.45) is 7.54. The number of nitrogens with zero attached hydrogens (tertiary/aromatic N) is 2. The first-order valence-electron chi connectivity index (χ1n) is 7.19. The van der Waals surface area contributed by atoms with Crippen LogP contribution in [0.2, 0.25) is 0 Å². The molecule has 98 valence electrons. The minimum atomic E-state index is 0.0758. The van der Waals surface area contributed by atoms with Gasteiger partial charge in [-0.2, -0.15) is 0 Å². The Morgan fingerprint density at radius 1 is 1.22 bits per heavy atom. The molecule has 0 amide bonds. The van der Waals surface area contributed by atoms with Crippen molar-refractivity contribution in [2.45, 2.75) is 38.6 Å². The number of anilines is 1. The van der Waals surface area contributed by atoms with E-state index in [-0.39, 0.29) is 6.04 Å². The molecule has 2 aliphatic carbocycles. The summed E-state index contributed by atoms with van der Waals surface area (Å²) in [5.41, 5.74) is 6.99. The second kappa shape index (κ2) is 4.88. The first-order chi connectivity index (χ1) is 8.72. The van der Waals surface area contributed by atoms with Gasteiger partial charge in [0.15, 0.2) is 0 Å². The second-order valence-electron chi connectivity index (χ2n) is 6.03. The van der Waals surface area contributed by atoms with Gasteiger partial charge < -0.3 is 10.6 Å². The molecule has 3 heteroatoms. The molecule has 0 aliphatic heterocycles. The Morgan fingerprint density at radius 3 is 2.22 bits per heavy atom. The topological polar surface area (TPSA) is 42.1 Å². The number of nitrogens with two attached hydrogens (primary N) is 1. The van der Waals surface area contributed by atoms with Crippen molar-refractivity contribution in [1.29, 1.82) is 0 Å². The summed E-state index contributed by atoms with van der Waals surface area (Å²) in [5, 5.41) is 0. The molecule has 2 aliphatic rings. The summed E-state index contributed by atoms with van der Waals surface area (Å²) >= 11 is 0. The highest BCUT2D eigenvalue weighted by Gasteiger charge is 2.29. The molecule has 1 aromatic rings. The zero-order chi connectivity index (χ0) is 12.5. The monoisotopic (exact) mass is 245 g/mol. The molecule has 1 atom stereocenters. The number of hydrogen-bond donors (Lipinski definition) is 1. The Labute approximate surface area is 109 Å². The van der Waals surface area contributed by atoms with Gasteiger partial charge in [0.05, 0.1) is 0 Å². The van der Waals surface area contributed by atoms with E-state index >= 15 is 0 Å². The van der Waals surface area contributed by atoms with E-state index in [0.717, 1.165) is 23.2 Å². The lowest BCUT2D eigenvalue weighted by Crippen LogP contribution is -2.28. The highest BCUT2D eigenvalue weighted by Crippen LogP contribution is 2.35. The van der Waals surface area contributed by atoms with Crippen molar-refractivity contribution in [3.8, 4) is 0 Å². The maximum Gasteiger partial charge on any atom is 0.128 e. The van der Waals surface area contributed by atoms with Gasteiger partial charge in [-0.1, -0.05) is 6.07 Å². The second-order valence-corrected chi connectivity index (χ2v) is 6.03. The fourth-order valence-corrected chi connectivity index (χ4v) is 2.34. The van der Waals surface area contributed by atoms with Crippen LogP contribution >= 0.6 is 0 Å². The lowest BCUT2D eigenvalue weighted by molar-refractivity contribution is 0.670. The van der Waals surface area contributed by atoms with Gasteiger partial charge in [0.25, 0.3) is 0 Å². The maximum absolute atomic E-state index is 5.87. The smallest absolute Gasteiger partial charge is 0.128 e. The highest BCUT2D eigenvalue weighted by atomic mass is 15.2. The van der Waals surface area contributed by atoms with Gasteiger partial charge in [0.2, 0.25) is 0 Å². The van der Waals surface area contributed by atoms with Crippen molar-refractivity contribution in [2.75, 3.05) is 18.0 Å². The third kappa shape index (κ3) is 3.02. The summed E-state index contributed by atoms with van der Waals surface area (Å²) in [5.74, 6) is 2.97. The average molecular weight is 245 g/mol. The van der Waals surface area contributed by atoms with Crippen molar-refractivity contribution in [2.24, 2.45) is 17.6 Å². The van der Waals surface area contributed by atoms with Crippen molar-refractivity contribution in [3.63, 3.8) is 0 Å².